The van der Waals surface area contributed by atoms with Gasteiger partial charge in [-0.05, 0) is 36.4 Å². The van der Waals surface area contributed by atoms with Crippen LogP contribution in [0.5, 0.6) is 0 Å². The number of nitrogens with one attached hydrogen (secondary N) is 3. The Kier molecular flexibility index (Phi) is 4.57. The van der Waals surface area contributed by atoms with Crippen molar-refractivity contribution in [2.45, 2.75) is 0 Å². The third-order valence-electron chi connectivity index (χ3n) is 3.13. The second-order valence-corrected chi connectivity index (χ2v) is 4.85. The molecule has 0 amide bonds. The van der Waals surface area contributed by atoms with E-state index < -0.39 is 0 Å². The van der Waals surface area contributed by atoms with Crippen LogP contribution in [0.1, 0.15) is 0 Å². The Bertz CT molecular complexity index is 570. The minimum atomic E-state index is 0.809. The summed E-state index contributed by atoms with van der Waals surface area (Å²) in [5.74, 6) is 0. The zero-order chi connectivity index (χ0) is 15.0. The highest BCUT2D eigenvalue weighted by Gasteiger charge is 2.10. The van der Waals surface area contributed by atoms with E-state index in [1.54, 1.807) is 0 Å². The van der Waals surface area contributed by atoms with Gasteiger partial charge in [-0.3, -0.25) is 0 Å². The summed E-state index contributed by atoms with van der Waals surface area (Å²) in [6.07, 6.45) is 0.809. The maximum Gasteiger partial charge on any atom is 0.249 e. The fourth-order valence-corrected chi connectivity index (χ4v) is 2.09. The van der Waals surface area contributed by atoms with Crippen molar-refractivity contribution in [3.05, 3.63) is 97.3 Å². The van der Waals surface area contributed by atoms with Crippen LogP contribution in [0.3, 0.4) is 0 Å². The van der Waals surface area contributed by atoms with Crippen molar-refractivity contribution < 1.29 is 0 Å². The molecule has 3 rings (SSSR count). The molecule has 3 aromatic carbocycles. The van der Waals surface area contributed by atoms with Crippen LogP contribution >= 0.6 is 0 Å². The molecule has 22 heavy (non-hydrogen) atoms. The van der Waals surface area contributed by atoms with Crippen molar-refractivity contribution in [3.63, 3.8) is 0 Å². The Balaban J connectivity index is 1.75. The predicted octanol–water partition coefficient (Wildman–Crippen LogP) is 4.77. The first kappa shape index (κ1) is 14.0. The molecule has 0 unspecified atom stereocenters. The number of anilines is 3. The van der Waals surface area contributed by atoms with Crippen molar-refractivity contribution in [3.8, 4) is 0 Å². The Morgan fingerprint density at radius 1 is 0.409 bits per heavy atom. The largest absolute Gasteiger partial charge is 0.341 e. The highest BCUT2D eigenvalue weighted by molar-refractivity contribution is 5.59. The molecular weight excluding hydrogens is 270 g/mol. The molecular formula is C19H18N3. The summed E-state index contributed by atoms with van der Waals surface area (Å²) in [6, 6.07) is 30.2. The molecule has 109 valence electrons. The van der Waals surface area contributed by atoms with E-state index in [2.05, 4.69) is 16.0 Å². The molecule has 0 saturated carbocycles. The highest BCUT2D eigenvalue weighted by Crippen LogP contribution is 2.17. The summed E-state index contributed by atoms with van der Waals surface area (Å²) in [7, 11) is 0. The molecule has 0 spiro atoms. The second kappa shape index (κ2) is 7.18. The van der Waals surface area contributed by atoms with Gasteiger partial charge in [0.15, 0.2) is 0 Å². The maximum atomic E-state index is 3.37. The van der Waals surface area contributed by atoms with Crippen molar-refractivity contribution in [2.24, 2.45) is 0 Å². The minimum Gasteiger partial charge on any atom is -0.341 e. The predicted molar refractivity (Wildman–Crippen MR) is 93.4 cm³/mol. The monoisotopic (exact) mass is 288 g/mol. The third-order valence-corrected chi connectivity index (χ3v) is 3.13. The van der Waals surface area contributed by atoms with E-state index in [0.29, 0.717) is 0 Å². The molecule has 0 aliphatic carbocycles. The highest BCUT2D eigenvalue weighted by atomic mass is 15.3. The summed E-state index contributed by atoms with van der Waals surface area (Å²) in [5, 5.41) is 10.1. The standard InChI is InChI=1S/C19H18N3/c1-4-10-16(11-5-1)20-19(21-17-12-6-2-7-13-17)22-18-14-8-3-9-15-18/h1-15,20-22H. The van der Waals surface area contributed by atoms with Gasteiger partial charge in [-0.1, -0.05) is 54.6 Å². The van der Waals surface area contributed by atoms with E-state index in [-0.39, 0.29) is 0 Å². The lowest BCUT2D eigenvalue weighted by molar-refractivity contribution is 1.13. The van der Waals surface area contributed by atoms with Crippen LogP contribution in [0.2, 0.25) is 0 Å². The van der Waals surface area contributed by atoms with Crippen LogP contribution in [0.4, 0.5) is 17.1 Å². The summed E-state index contributed by atoms with van der Waals surface area (Å²) < 4.78 is 0. The van der Waals surface area contributed by atoms with Gasteiger partial charge < -0.3 is 16.0 Å². The SMILES string of the molecule is c1ccc(N[C](Nc2ccccc2)Nc2ccccc2)cc1. The first-order valence-corrected chi connectivity index (χ1v) is 7.23. The number of benzene rings is 3. The van der Waals surface area contributed by atoms with Gasteiger partial charge in [-0.25, -0.2) is 0 Å². The maximum absolute atomic E-state index is 3.37. The van der Waals surface area contributed by atoms with Gasteiger partial charge in [-0.15, -0.1) is 0 Å². The van der Waals surface area contributed by atoms with Gasteiger partial charge >= 0.3 is 0 Å². The number of hydrogen-bond acceptors (Lipinski definition) is 3. The normalized spacial score (nSPS) is 10.2. The number of hydrogen-bond donors (Lipinski definition) is 3. The molecule has 0 saturated heterocycles. The quantitative estimate of drug-likeness (QED) is 0.611. The molecule has 0 atom stereocenters. The van der Waals surface area contributed by atoms with Gasteiger partial charge in [0, 0.05) is 17.1 Å². The van der Waals surface area contributed by atoms with Gasteiger partial charge in [0.25, 0.3) is 0 Å². The summed E-state index contributed by atoms with van der Waals surface area (Å²) in [6.45, 7) is 0. The Labute approximate surface area is 131 Å². The van der Waals surface area contributed by atoms with Gasteiger partial charge in [0.2, 0.25) is 6.29 Å². The first-order chi connectivity index (χ1) is 10.9. The van der Waals surface area contributed by atoms with Crippen molar-refractivity contribution in [1.82, 2.24) is 0 Å². The zero-order valence-electron chi connectivity index (χ0n) is 12.2. The van der Waals surface area contributed by atoms with Crippen LogP contribution < -0.4 is 16.0 Å². The molecule has 0 heterocycles. The van der Waals surface area contributed by atoms with Gasteiger partial charge in [0.1, 0.15) is 0 Å². The fourth-order valence-electron chi connectivity index (χ4n) is 2.09. The number of para-hydroxylation sites is 3. The summed E-state index contributed by atoms with van der Waals surface area (Å²) >= 11 is 0. The average Bonchev–Trinajstić information content (AvgIpc) is 2.57. The summed E-state index contributed by atoms with van der Waals surface area (Å²) in [5.41, 5.74) is 3.05. The van der Waals surface area contributed by atoms with Crippen molar-refractivity contribution >= 4 is 17.1 Å². The Morgan fingerprint density at radius 2 is 0.682 bits per heavy atom. The number of rotatable bonds is 6. The average molecular weight is 288 g/mol. The molecule has 0 aliphatic heterocycles. The molecule has 3 nitrogen and oxygen atoms in total. The lowest BCUT2D eigenvalue weighted by Gasteiger charge is -2.22. The zero-order valence-corrected chi connectivity index (χ0v) is 12.2. The Hall–Kier alpha value is -2.94. The van der Waals surface area contributed by atoms with Crippen molar-refractivity contribution in [1.29, 1.82) is 0 Å². The molecule has 0 fully saturated rings. The van der Waals surface area contributed by atoms with Crippen LogP contribution in [-0.4, -0.2) is 0 Å². The second-order valence-electron chi connectivity index (χ2n) is 4.85. The molecule has 0 bridgehead atoms. The summed E-state index contributed by atoms with van der Waals surface area (Å²) in [4.78, 5) is 0. The van der Waals surface area contributed by atoms with Crippen LogP contribution in [0.25, 0.3) is 0 Å². The van der Waals surface area contributed by atoms with E-state index in [1.807, 2.05) is 91.0 Å². The molecule has 3 N–H and O–H groups in total. The van der Waals surface area contributed by atoms with Crippen LogP contribution in [-0.2, 0) is 0 Å². The lowest BCUT2D eigenvalue weighted by atomic mass is 10.3. The van der Waals surface area contributed by atoms with Crippen molar-refractivity contribution in [2.75, 3.05) is 16.0 Å². The van der Waals surface area contributed by atoms with Crippen LogP contribution in [0, 0.1) is 6.29 Å². The van der Waals surface area contributed by atoms with Crippen LogP contribution in [0.15, 0.2) is 91.0 Å². The fraction of sp³-hybridized carbons (Fsp3) is 0. The van der Waals surface area contributed by atoms with E-state index in [1.165, 1.54) is 0 Å². The van der Waals surface area contributed by atoms with E-state index in [4.69, 9.17) is 0 Å². The van der Waals surface area contributed by atoms with E-state index in [0.717, 1.165) is 23.4 Å². The van der Waals surface area contributed by atoms with Gasteiger partial charge in [-0.2, -0.15) is 0 Å². The van der Waals surface area contributed by atoms with Gasteiger partial charge in [0.05, 0.1) is 0 Å². The van der Waals surface area contributed by atoms with E-state index in [9.17, 15) is 0 Å². The molecule has 0 aromatic heterocycles. The molecule has 1 radical (unpaired) electrons. The molecule has 3 heteroatoms. The molecule has 0 aliphatic rings. The lowest BCUT2D eigenvalue weighted by Crippen LogP contribution is -2.27. The first-order valence-electron chi connectivity index (χ1n) is 7.23. The minimum absolute atomic E-state index is 0.809. The Morgan fingerprint density at radius 3 is 0.955 bits per heavy atom. The molecule has 3 aromatic rings. The third kappa shape index (κ3) is 4.03. The smallest absolute Gasteiger partial charge is 0.249 e. The van der Waals surface area contributed by atoms with E-state index >= 15 is 0 Å². The topological polar surface area (TPSA) is 36.1 Å².